The number of Topliss-reactive ketones (excluding diaryl/α,β-unsaturated/α-hetero) is 1. The Labute approximate surface area is 148 Å². The number of piperidine rings is 1. The molecule has 25 heavy (non-hydrogen) atoms. The molecule has 1 saturated heterocycles. The highest BCUT2D eigenvalue weighted by molar-refractivity contribution is 5.81. The molecule has 4 nitrogen and oxygen atoms in total. The van der Waals surface area contributed by atoms with E-state index in [9.17, 15) is 9.59 Å². The predicted octanol–water partition coefficient (Wildman–Crippen LogP) is 3.20. The molecule has 0 spiro atoms. The normalized spacial score (nSPS) is 16.4. The van der Waals surface area contributed by atoms with Gasteiger partial charge in [0.2, 0.25) is 5.91 Å². The van der Waals surface area contributed by atoms with Crippen LogP contribution < -0.4 is 5.32 Å². The van der Waals surface area contributed by atoms with Crippen LogP contribution in [-0.2, 0) is 9.59 Å². The molecule has 3 rings (SSSR count). The Hall–Kier alpha value is -2.46. The van der Waals surface area contributed by atoms with Crippen LogP contribution in [0.2, 0.25) is 0 Å². The Morgan fingerprint density at radius 1 is 1.00 bits per heavy atom. The van der Waals surface area contributed by atoms with Crippen LogP contribution in [0.25, 0.3) is 11.1 Å². The largest absolute Gasteiger partial charge is 0.348 e. The Balaban J connectivity index is 1.55. The van der Waals surface area contributed by atoms with Gasteiger partial charge in [-0.3, -0.25) is 14.5 Å². The summed E-state index contributed by atoms with van der Waals surface area (Å²) in [5.74, 6) is 0.303. The third kappa shape index (κ3) is 4.77. The van der Waals surface area contributed by atoms with E-state index in [-0.39, 0.29) is 11.9 Å². The van der Waals surface area contributed by atoms with Crippen LogP contribution in [0.1, 0.15) is 31.4 Å². The lowest BCUT2D eigenvalue weighted by molar-refractivity contribution is -0.126. The minimum absolute atomic E-state index is 0.00832. The zero-order valence-electron chi connectivity index (χ0n) is 14.6. The van der Waals surface area contributed by atoms with E-state index in [1.807, 2.05) is 30.0 Å². The fourth-order valence-corrected chi connectivity index (χ4v) is 3.13. The quantitative estimate of drug-likeness (QED) is 0.912. The molecule has 130 valence electrons. The van der Waals surface area contributed by atoms with Crippen LogP contribution in [0.4, 0.5) is 0 Å². The number of ketones is 1. The van der Waals surface area contributed by atoms with Gasteiger partial charge >= 0.3 is 0 Å². The smallest absolute Gasteiger partial charge is 0.234 e. The topological polar surface area (TPSA) is 49.4 Å². The second kappa shape index (κ2) is 8.08. The maximum absolute atomic E-state index is 12.2. The van der Waals surface area contributed by atoms with Crippen LogP contribution >= 0.6 is 0 Å². The van der Waals surface area contributed by atoms with E-state index >= 15 is 0 Å². The van der Waals surface area contributed by atoms with Gasteiger partial charge in [-0.1, -0.05) is 54.6 Å². The highest BCUT2D eigenvalue weighted by Crippen LogP contribution is 2.21. The fraction of sp³-hybridized carbons (Fsp3) is 0.333. The number of carbonyl (C=O) groups is 2. The SMILES string of the molecule is C[C@H](NC(=O)CN1CCC(=O)CC1)c1ccc(-c2ccccc2)cc1. The van der Waals surface area contributed by atoms with Gasteiger partial charge in [0.15, 0.2) is 0 Å². The minimum Gasteiger partial charge on any atom is -0.348 e. The van der Waals surface area contributed by atoms with Crippen molar-refractivity contribution in [3.63, 3.8) is 0 Å². The third-order valence-corrected chi connectivity index (χ3v) is 4.68. The molecule has 1 N–H and O–H groups in total. The summed E-state index contributed by atoms with van der Waals surface area (Å²) in [5.41, 5.74) is 3.44. The summed E-state index contributed by atoms with van der Waals surface area (Å²) in [5, 5.41) is 3.05. The number of hydrogen-bond donors (Lipinski definition) is 1. The Morgan fingerprint density at radius 3 is 2.24 bits per heavy atom. The standard InChI is InChI=1S/C21H24N2O2/c1-16(22-21(25)15-23-13-11-20(24)12-14-23)17-7-9-19(10-8-17)18-5-3-2-4-6-18/h2-10,16H,11-15H2,1H3,(H,22,25)/t16-/m0/s1. The molecule has 1 amide bonds. The number of likely N-dealkylation sites (tertiary alicyclic amines) is 1. The maximum Gasteiger partial charge on any atom is 0.234 e. The Morgan fingerprint density at radius 2 is 1.60 bits per heavy atom. The summed E-state index contributed by atoms with van der Waals surface area (Å²) in [6.45, 7) is 3.73. The zero-order valence-corrected chi connectivity index (χ0v) is 14.6. The summed E-state index contributed by atoms with van der Waals surface area (Å²) < 4.78 is 0. The predicted molar refractivity (Wildman–Crippen MR) is 99.1 cm³/mol. The van der Waals surface area contributed by atoms with E-state index in [4.69, 9.17) is 0 Å². The van der Waals surface area contributed by atoms with Gasteiger partial charge in [0.05, 0.1) is 12.6 Å². The van der Waals surface area contributed by atoms with E-state index in [0.717, 1.165) is 5.56 Å². The molecule has 0 aromatic heterocycles. The number of nitrogens with one attached hydrogen (secondary N) is 1. The van der Waals surface area contributed by atoms with Crippen molar-refractivity contribution >= 4 is 11.7 Å². The van der Waals surface area contributed by atoms with Crippen molar-refractivity contribution in [2.75, 3.05) is 19.6 Å². The first kappa shape index (κ1) is 17.4. The molecule has 1 aliphatic heterocycles. The molecule has 2 aromatic rings. The summed E-state index contributed by atoms with van der Waals surface area (Å²) in [4.78, 5) is 25.5. The molecule has 1 fully saturated rings. The second-order valence-corrected chi connectivity index (χ2v) is 6.59. The molecule has 0 unspecified atom stereocenters. The first-order chi connectivity index (χ1) is 12.1. The van der Waals surface area contributed by atoms with E-state index < -0.39 is 0 Å². The van der Waals surface area contributed by atoms with Gasteiger partial charge in [-0.25, -0.2) is 0 Å². The molecule has 0 bridgehead atoms. The van der Waals surface area contributed by atoms with Gasteiger partial charge in [-0.15, -0.1) is 0 Å². The van der Waals surface area contributed by atoms with E-state index in [1.165, 1.54) is 11.1 Å². The molecule has 4 heteroatoms. The summed E-state index contributed by atoms with van der Waals surface area (Å²) >= 11 is 0. The molecule has 0 saturated carbocycles. The van der Waals surface area contributed by atoms with Crippen molar-refractivity contribution in [2.24, 2.45) is 0 Å². The van der Waals surface area contributed by atoms with Gasteiger partial charge in [-0.2, -0.15) is 0 Å². The molecule has 0 aliphatic carbocycles. The zero-order chi connectivity index (χ0) is 17.6. The van der Waals surface area contributed by atoms with Crippen molar-refractivity contribution in [1.29, 1.82) is 0 Å². The number of nitrogens with zero attached hydrogens (tertiary/aromatic N) is 1. The van der Waals surface area contributed by atoms with Crippen LogP contribution in [0.15, 0.2) is 54.6 Å². The van der Waals surface area contributed by atoms with E-state index in [2.05, 4.69) is 41.7 Å². The first-order valence-corrected chi connectivity index (χ1v) is 8.80. The van der Waals surface area contributed by atoms with Crippen LogP contribution in [-0.4, -0.2) is 36.2 Å². The van der Waals surface area contributed by atoms with Gasteiger partial charge in [-0.05, 0) is 23.6 Å². The van der Waals surface area contributed by atoms with Crippen molar-refractivity contribution in [3.8, 4) is 11.1 Å². The molecule has 1 atom stereocenters. The lowest BCUT2D eigenvalue weighted by atomic mass is 10.0. The van der Waals surface area contributed by atoms with Gasteiger partial charge in [0.25, 0.3) is 0 Å². The number of rotatable bonds is 5. The highest BCUT2D eigenvalue weighted by atomic mass is 16.2. The number of amides is 1. The van der Waals surface area contributed by atoms with Gasteiger partial charge in [0, 0.05) is 25.9 Å². The van der Waals surface area contributed by atoms with Gasteiger partial charge < -0.3 is 5.32 Å². The molecule has 2 aromatic carbocycles. The summed E-state index contributed by atoms with van der Waals surface area (Å²) in [7, 11) is 0. The van der Waals surface area contributed by atoms with Gasteiger partial charge in [0.1, 0.15) is 5.78 Å². The van der Waals surface area contributed by atoms with Crippen molar-refractivity contribution < 1.29 is 9.59 Å². The Bertz CT molecular complexity index is 715. The molecule has 1 heterocycles. The molecular formula is C21H24N2O2. The van der Waals surface area contributed by atoms with Crippen LogP contribution in [0.3, 0.4) is 0 Å². The fourth-order valence-electron chi connectivity index (χ4n) is 3.13. The van der Waals surface area contributed by atoms with E-state index in [0.29, 0.717) is 38.3 Å². The number of hydrogen-bond acceptors (Lipinski definition) is 3. The number of carbonyl (C=O) groups excluding carboxylic acids is 2. The highest BCUT2D eigenvalue weighted by Gasteiger charge is 2.19. The Kier molecular flexibility index (Phi) is 5.61. The van der Waals surface area contributed by atoms with E-state index in [1.54, 1.807) is 0 Å². The van der Waals surface area contributed by atoms with Crippen LogP contribution in [0.5, 0.6) is 0 Å². The maximum atomic E-state index is 12.2. The molecule has 0 radical (unpaired) electrons. The number of benzene rings is 2. The van der Waals surface area contributed by atoms with Crippen molar-refractivity contribution in [1.82, 2.24) is 10.2 Å². The second-order valence-electron chi connectivity index (χ2n) is 6.59. The third-order valence-electron chi connectivity index (χ3n) is 4.68. The lowest BCUT2D eigenvalue weighted by Crippen LogP contribution is -2.42. The minimum atomic E-state index is -0.0382. The van der Waals surface area contributed by atoms with Crippen molar-refractivity contribution in [3.05, 3.63) is 60.2 Å². The molecular weight excluding hydrogens is 312 g/mol. The van der Waals surface area contributed by atoms with Crippen molar-refractivity contribution in [2.45, 2.75) is 25.8 Å². The average molecular weight is 336 g/mol. The summed E-state index contributed by atoms with van der Waals surface area (Å²) in [6.07, 6.45) is 1.12. The first-order valence-electron chi connectivity index (χ1n) is 8.80. The molecule has 1 aliphatic rings. The average Bonchev–Trinajstić information content (AvgIpc) is 2.64. The lowest BCUT2D eigenvalue weighted by Gasteiger charge is -2.26. The van der Waals surface area contributed by atoms with Crippen LogP contribution in [0, 0.1) is 0 Å². The monoisotopic (exact) mass is 336 g/mol. The summed E-state index contributed by atoms with van der Waals surface area (Å²) in [6, 6.07) is 18.5.